The lowest BCUT2D eigenvalue weighted by molar-refractivity contribution is -0.201. The molecule has 14 heteroatoms. The van der Waals surface area contributed by atoms with Gasteiger partial charge in [0.15, 0.2) is 6.10 Å². The van der Waals surface area contributed by atoms with Gasteiger partial charge in [-0.3, -0.25) is 14.7 Å². The number of halogens is 6. The summed E-state index contributed by atoms with van der Waals surface area (Å²) >= 11 is 0. The third-order valence-corrected chi connectivity index (χ3v) is 4.23. The van der Waals surface area contributed by atoms with Crippen LogP contribution in [0.1, 0.15) is 15.9 Å². The summed E-state index contributed by atoms with van der Waals surface area (Å²) in [5, 5.41) is 20.9. The third-order valence-electron chi connectivity index (χ3n) is 4.23. The number of nitrogens with one attached hydrogen (secondary N) is 2. The van der Waals surface area contributed by atoms with Gasteiger partial charge in [-0.15, -0.1) is 0 Å². The first-order valence-corrected chi connectivity index (χ1v) is 8.72. The van der Waals surface area contributed by atoms with E-state index in [4.69, 9.17) is 5.11 Å². The summed E-state index contributed by atoms with van der Waals surface area (Å²) in [6, 6.07) is 4.58. The fourth-order valence-corrected chi connectivity index (χ4v) is 2.56. The molecular formula is C18H13F6N5O3. The van der Waals surface area contributed by atoms with Gasteiger partial charge in [-0.25, -0.2) is 0 Å². The first-order chi connectivity index (χ1) is 14.9. The van der Waals surface area contributed by atoms with Crippen LogP contribution in [0.5, 0.6) is 0 Å². The molecule has 2 heterocycles. The highest BCUT2D eigenvalue weighted by Gasteiger charge is 2.38. The van der Waals surface area contributed by atoms with Crippen LogP contribution < -0.4 is 10.9 Å². The van der Waals surface area contributed by atoms with Gasteiger partial charge in [-0.1, -0.05) is 12.1 Å². The minimum atomic E-state index is -4.99. The fraction of sp³-hybridized carbons (Fsp3) is 0.222. The molecule has 32 heavy (non-hydrogen) atoms. The zero-order valence-corrected chi connectivity index (χ0v) is 15.7. The van der Waals surface area contributed by atoms with Gasteiger partial charge >= 0.3 is 12.4 Å². The lowest BCUT2D eigenvalue weighted by Gasteiger charge is -2.15. The van der Waals surface area contributed by atoms with E-state index in [1.807, 2.05) is 0 Å². The van der Waals surface area contributed by atoms with Crippen LogP contribution in [0, 0.1) is 0 Å². The van der Waals surface area contributed by atoms with E-state index in [9.17, 15) is 35.9 Å². The SMILES string of the molecule is O=C(NC[C@H](O)C(F)(F)F)c1cc(-c2ccc(C(F)(F)F)cc2)nn(-c2cn[nH]c2)c1=O. The molecule has 0 saturated carbocycles. The van der Waals surface area contributed by atoms with E-state index < -0.39 is 47.6 Å². The van der Waals surface area contributed by atoms with Gasteiger partial charge in [-0.2, -0.15) is 41.2 Å². The lowest BCUT2D eigenvalue weighted by atomic mass is 10.1. The first kappa shape index (κ1) is 23.0. The Morgan fingerprint density at radius 3 is 2.34 bits per heavy atom. The van der Waals surface area contributed by atoms with E-state index in [0.717, 1.165) is 30.3 Å². The molecule has 8 nitrogen and oxygen atoms in total. The molecule has 0 bridgehead atoms. The minimum absolute atomic E-state index is 0.0631. The van der Waals surface area contributed by atoms with Crippen molar-refractivity contribution in [2.45, 2.75) is 18.5 Å². The van der Waals surface area contributed by atoms with E-state index in [2.05, 4.69) is 15.3 Å². The monoisotopic (exact) mass is 461 g/mol. The molecule has 3 aromatic rings. The molecule has 0 aliphatic carbocycles. The predicted molar refractivity (Wildman–Crippen MR) is 96.8 cm³/mol. The fourth-order valence-electron chi connectivity index (χ4n) is 2.56. The van der Waals surface area contributed by atoms with Crippen LogP contribution in [0.25, 0.3) is 16.9 Å². The summed E-state index contributed by atoms with van der Waals surface area (Å²) in [5.41, 5.74) is -2.57. The van der Waals surface area contributed by atoms with Crippen molar-refractivity contribution in [1.82, 2.24) is 25.3 Å². The molecule has 3 N–H and O–H groups in total. The van der Waals surface area contributed by atoms with E-state index in [0.29, 0.717) is 4.68 Å². The van der Waals surface area contributed by atoms with Crippen molar-refractivity contribution in [2.24, 2.45) is 0 Å². The molecule has 0 aliphatic heterocycles. The molecule has 2 aromatic heterocycles. The second-order valence-corrected chi connectivity index (χ2v) is 6.46. The number of benzene rings is 1. The van der Waals surface area contributed by atoms with Crippen molar-refractivity contribution in [3.8, 4) is 16.9 Å². The average molecular weight is 461 g/mol. The summed E-state index contributed by atoms with van der Waals surface area (Å²) in [4.78, 5) is 25.1. The van der Waals surface area contributed by atoms with E-state index in [1.165, 1.54) is 12.4 Å². The van der Waals surface area contributed by atoms with Gasteiger partial charge in [0.2, 0.25) is 0 Å². The Morgan fingerprint density at radius 1 is 1.16 bits per heavy atom. The number of aromatic amines is 1. The Morgan fingerprint density at radius 2 is 1.81 bits per heavy atom. The molecule has 1 atom stereocenters. The maximum absolute atomic E-state index is 12.8. The molecule has 0 fully saturated rings. The van der Waals surface area contributed by atoms with Gasteiger partial charge in [0, 0.05) is 11.8 Å². The zero-order chi connectivity index (χ0) is 23.7. The van der Waals surface area contributed by atoms with Gasteiger partial charge in [-0.05, 0) is 18.2 Å². The van der Waals surface area contributed by atoms with E-state index >= 15 is 0 Å². The number of aliphatic hydroxyl groups is 1. The highest BCUT2D eigenvalue weighted by atomic mass is 19.4. The largest absolute Gasteiger partial charge is 0.416 e. The summed E-state index contributed by atoms with van der Waals surface area (Å²) in [7, 11) is 0. The Kier molecular flexibility index (Phi) is 6.07. The van der Waals surface area contributed by atoms with Crippen molar-refractivity contribution in [3.05, 3.63) is 64.2 Å². The predicted octanol–water partition coefficient (Wildman–Crippen LogP) is 2.29. The number of carbonyl (C=O) groups excluding carboxylic acids is 1. The van der Waals surface area contributed by atoms with Crippen LogP contribution in [0.3, 0.4) is 0 Å². The number of amides is 1. The maximum atomic E-state index is 12.8. The number of H-pyrrole nitrogens is 1. The van der Waals surface area contributed by atoms with Gasteiger partial charge in [0.25, 0.3) is 11.5 Å². The number of aromatic nitrogens is 4. The summed E-state index contributed by atoms with van der Waals surface area (Å²) in [6.07, 6.45) is -10.0. The lowest BCUT2D eigenvalue weighted by Crippen LogP contribution is -2.42. The minimum Gasteiger partial charge on any atom is -0.382 e. The number of rotatable bonds is 5. The van der Waals surface area contributed by atoms with Gasteiger partial charge in [0.05, 0.1) is 24.0 Å². The van der Waals surface area contributed by atoms with Gasteiger partial charge in [0.1, 0.15) is 11.3 Å². The normalized spacial score (nSPS) is 13.1. The third kappa shape index (κ3) is 4.96. The molecule has 3 rings (SSSR count). The van der Waals surface area contributed by atoms with Crippen molar-refractivity contribution in [3.63, 3.8) is 0 Å². The Balaban J connectivity index is 2.03. The zero-order valence-electron chi connectivity index (χ0n) is 15.7. The van der Waals surface area contributed by atoms with E-state index in [1.54, 1.807) is 5.32 Å². The molecule has 0 aliphatic rings. The summed E-state index contributed by atoms with van der Waals surface area (Å²) in [6.45, 7) is -1.22. The molecule has 1 aromatic carbocycles. The number of carbonyl (C=O) groups is 1. The summed E-state index contributed by atoms with van der Waals surface area (Å²) in [5.74, 6) is -1.24. The number of hydrogen-bond donors (Lipinski definition) is 3. The van der Waals surface area contributed by atoms with Crippen LogP contribution in [-0.4, -0.2) is 49.8 Å². The molecular weight excluding hydrogens is 448 g/mol. The average Bonchev–Trinajstić information content (AvgIpc) is 3.25. The first-order valence-electron chi connectivity index (χ1n) is 8.72. The van der Waals surface area contributed by atoms with Crippen LogP contribution in [0.2, 0.25) is 0 Å². The van der Waals surface area contributed by atoms with Crippen molar-refractivity contribution < 1.29 is 36.2 Å². The molecule has 0 saturated heterocycles. The second kappa shape index (κ2) is 8.45. The molecule has 0 radical (unpaired) electrons. The molecule has 0 unspecified atom stereocenters. The maximum Gasteiger partial charge on any atom is 0.416 e. The molecule has 1 amide bonds. The van der Waals surface area contributed by atoms with Crippen LogP contribution in [-0.2, 0) is 6.18 Å². The van der Waals surface area contributed by atoms with E-state index in [-0.39, 0.29) is 16.9 Å². The quantitative estimate of drug-likeness (QED) is 0.505. The summed E-state index contributed by atoms with van der Waals surface area (Å²) < 4.78 is 76.5. The number of aliphatic hydroxyl groups excluding tert-OH is 1. The second-order valence-electron chi connectivity index (χ2n) is 6.46. The Labute approximate surface area is 174 Å². The Bertz CT molecular complexity index is 1150. The standard InChI is InChI=1S/C18H13F6N5O3/c19-17(20,21)10-3-1-9(2-4-10)13-5-12(15(31)25-8-14(30)18(22,23)24)16(32)29(28-13)11-6-26-27-7-11/h1-7,14,30H,8H2,(H,25,31)(H,26,27)/t14-/m0/s1. The molecule has 0 spiro atoms. The number of nitrogens with zero attached hydrogens (tertiary/aromatic N) is 3. The number of hydrogen-bond acceptors (Lipinski definition) is 5. The van der Waals surface area contributed by atoms with Crippen molar-refractivity contribution >= 4 is 5.91 Å². The van der Waals surface area contributed by atoms with Crippen LogP contribution >= 0.6 is 0 Å². The van der Waals surface area contributed by atoms with Crippen molar-refractivity contribution in [1.29, 1.82) is 0 Å². The topological polar surface area (TPSA) is 113 Å². The van der Waals surface area contributed by atoms with Gasteiger partial charge < -0.3 is 10.4 Å². The van der Waals surface area contributed by atoms with Crippen molar-refractivity contribution in [2.75, 3.05) is 6.54 Å². The van der Waals surface area contributed by atoms with Crippen LogP contribution in [0.4, 0.5) is 26.3 Å². The molecule has 170 valence electrons. The highest BCUT2D eigenvalue weighted by molar-refractivity contribution is 5.94. The van der Waals surface area contributed by atoms with Crippen LogP contribution in [0.15, 0.2) is 47.5 Å². The number of alkyl halides is 6. The Hall–Kier alpha value is -3.68. The smallest absolute Gasteiger partial charge is 0.382 e. The highest BCUT2D eigenvalue weighted by Crippen LogP contribution is 2.30.